The Hall–Kier alpha value is -3.33. The number of amides is 1. The normalized spacial score (nSPS) is 14.8. The van der Waals surface area contributed by atoms with Crippen molar-refractivity contribution in [1.82, 2.24) is 14.5 Å². The summed E-state index contributed by atoms with van der Waals surface area (Å²) in [6, 6.07) is 6.66. The number of fused-ring (bicyclic) bond motifs is 1. The Morgan fingerprint density at radius 1 is 1.19 bits per heavy atom. The third-order valence-electron chi connectivity index (χ3n) is 5.48. The van der Waals surface area contributed by atoms with Crippen LogP contribution in [0.3, 0.4) is 0 Å². The number of hydrogen-bond donors (Lipinski definition) is 1. The van der Waals surface area contributed by atoms with Crippen LogP contribution in [-0.2, 0) is 6.54 Å². The molecule has 3 aromatic rings. The van der Waals surface area contributed by atoms with Crippen molar-refractivity contribution < 1.29 is 23.4 Å². The second-order valence-corrected chi connectivity index (χ2v) is 7.44. The number of carbonyl (C=O) groups excluding carboxylic acids is 1. The van der Waals surface area contributed by atoms with Crippen molar-refractivity contribution in [2.45, 2.75) is 25.5 Å². The average Bonchev–Trinajstić information content (AvgIpc) is 2.77. The lowest BCUT2D eigenvalue weighted by Gasteiger charge is -2.29. The fourth-order valence-corrected chi connectivity index (χ4v) is 3.73. The molecule has 0 bridgehead atoms. The summed E-state index contributed by atoms with van der Waals surface area (Å²) >= 11 is 0. The molecule has 0 saturated carbocycles. The molecular weight excluding hydrogens is 408 g/mol. The van der Waals surface area contributed by atoms with Crippen molar-refractivity contribution in [3.8, 4) is 5.88 Å². The molecule has 0 unspecified atom stereocenters. The Morgan fingerprint density at radius 3 is 2.52 bits per heavy atom. The number of likely N-dealkylation sites (tertiary alicyclic amines) is 1. The predicted octanol–water partition coefficient (Wildman–Crippen LogP) is 2.33. The van der Waals surface area contributed by atoms with Crippen LogP contribution in [0.5, 0.6) is 5.88 Å². The third kappa shape index (κ3) is 4.00. The Morgan fingerprint density at radius 2 is 1.87 bits per heavy atom. The molecule has 1 N–H and O–H groups in total. The van der Waals surface area contributed by atoms with E-state index in [2.05, 4.69) is 4.98 Å². The highest BCUT2D eigenvalue weighted by Crippen LogP contribution is 2.21. The monoisotopic (exact) mass is 429 g/mol. The molecule has 0 radical (unpaired) electrons. The summed E-state index contributed by atoms with van der Waals surface area (Å²) in [5.41, 5.74) is -0.641. The predicted molar refractivity (Wildman–Crippen MR) is 109 cm³/mol. The summed E-state index contributed by atoms with van der Waals surface area (Å²) in [5, 5.41) is 9.69. The zero-order valence-electron chi connectivity index (χ0n) is 16.8. The van der Waals surface area contributed by atoms with Crippen LogP contribution in [-0.4, -0.2) is 51.8 Å². The van der Waals surface area contributed by atoms with Crippen LogP contribution in [0.15, 0.2) is 41.3 Å². The largest absolute Gasteiger partial charge is 0.481 e. The number of pyridine rings is 2. The minimum atomic E-state index is -0.730. The second-order valence-electron chi connectivity index (χ2n) is 7.44. The minimum absolute atomic E-state index is 0.0287. The molecule has 1 aliphatic heterocycles. The topological polar surface area (TPSA) is 84.7 Å². The van der Waals surface area contributed by atoms with Gasteiger partial charge in [0.2, 0.25) is 11.3 Å². The van der Waals surface area contributed by atoms with E-state index in [1.165, 1.54) is 34.9 Å². The fraction of sp³-hybridized carbons (Fsp3) is 0.318. The van der Waals surface area contributed by atoms with E-state index < -0.39 is 29.1 Å². The third-order valence-corrected chi connectivity index (χ3v) is 5.48. The number of rotatable bonds is 4. The Balaban J connectivity index is 1.86. The van der Waals surface area contributed by atoms with Gasteiger partial charge in [0.1, 0.15) is 22.7 Å². The standard InChI is InChI=1S/C22H21F2N3O4/c1-31-19-6-5-18-20(25-19)21(29)15(22(30)26-9-7-13(28)8-10-26)12-27(18)11-14-16(23)3-2-4-17(14)24/h2-6,12-13,28H,7-11H2,1H3. The maximum atomic E-state index is 14.3. The number of hydrogen-bond acceptors (Lipinski definition) is 5. The number of aliphatic hydroxyl groups excluding tert-OH is 1. The number of methoxy groups -OCH3 is 1. The fourth-order valence-electron chi connectivity index (χ4n) is 3.73. The lowest BCUT2D eigenvalue weighted by Crippen LogP contribution is -2.42. The van der Waals surface area contributed by atoms with Gasteiger partial charge < -0.3 is 19.3 Å². The maximum Gasteiger partial charge on any atom is 0.259 e. The van der Waals surface area contributed by atoms with Gasteiger partial charge in [0, 0.05) is 30.9 Å². The Kier molecular flexibility index (Phi) is 5.69. The highest BCUT2D eigenvalue weighted by atomic mass is 19.1. The number of aromatic nitrogens is 2. The first kappa shape index (κ1) is 20.9. The Bertz CT molecular complexity index is 1180. The van der Waals surface area contributed by atoms with E-state index in [4.69, 9.17) is 4.74 Å². The van der Waals surface area contributed by atoms with Gasteiger partial charge in [-0.15, -0.1) is 0 Å². The molecule has 1 saturated heterocycles. The van der Waals surface area contributed by atoms with Crippen LogP contribution < -0.4 is 10.2 Å². The smallest absolute Gasteiger partial charge is 0.259 e. The number of nitrogens with zero attached hydrogens (tertiary/aromatic N) is 3. The van der Waals surface area contributed by atoms with E-state index >= 15 is 0 Å². The summed E-state index contributed by atoms with van der Waals surface area (Å²) in [6.07, 6.45) is 1.67. The van der Waals surface area contributed by atoms with Crippen molar-refractivity contribution in [2.24, 2.45) is 0 Å². The van der Waals surface area contributed by atoms with Gasteiger partial charge >= 0.3 is 0 Å². The molecule has 0 atom stereocenters. The molecule has 9 heteroatoms. The first-order valence-electron chi connectivity index (χ1n) is 9.87. The second kappa shape index (κ2) is 8.43. The molecule has 0 aliphatic carbocycles. The molecule has 4 rings (SSSR count). The number of halogens is 2. The van der Waals surface area contributed by atoms with E-state index in [1.807, 2.05) is 0 Å². The lowest BCUT2D eigenvalue weighted by atomic mass is 10.1. The number of carbonyl (C=O) groups is 1. The van der Waals surface area contributed by atoms with E-state index in [-0.39, 0.29) is 29.1 Å². The van der Waals surface area contributed by atoms with Crippen molar-refractivity contribution in [3.63, 3.8) is 0 Å². The Labute approximate surface area is 176 Å². The number of aliphatic hydroxyl groups is 1. The van der Waals surface area contributed by atoms with Crippen molar-refractivity contribution in [1.29, 1.82) is 0 Å². The zero-order chi connectivity index (χ0) is 22.1. The number of ether oxygens (including phenoxy) is 1. The first-order chi connectivity index (χ1) is 14.9. The van der Waals surface area contributed by atoms with Crippen LogP contribution in [0.25, 0.3) is 11.0 Å². The highest BCUT2D eigenvalue weighted by molar-refractivity contribution is 5.96. The first-order valence-corrected chi connectivity index (χ1v) is 9.87. The highest BCUT2D eigenvalue weighted by Gasteiger charge is 2.26. The molecule has 1 amide bonds. The zero-order valence-corrected chi connectivity index (χ0v) is 16.8. The van der Waals surface area contributed by atoms with Gasteiger partial charge in [-0.1, -0.05) is 6.07 Å². The molecule has 0 spiro atoms. The van der Waals surface area contributed by atoms with Gasteiger partial charge in [-0.3, -0.25) is 9.59 Å². The van der Waals surface area contributed by atoms with Gasteiger partial charge in [0.25, 0.3) is 5.91 Å². The lowest BCUT2D eigenvalue weighted by molar-refractivity contribution is 0.0545. The van der Waals surface area contributed by atoms with E-state index in [0.717, 1.165) is 12.1 Å². The summed E-state index contributed by atoms with van der Waals surface area (Å²) in [5.74, 6) is -1.79. The minimum Gasteiger partial charge on any atom is -0.481 e. The van der Waals surface area contributed by atoms with Crippen LogP contribution in [0, 0.1) is 11.6 Å². The van der Waals surface area contributed by atoms with Gasteiger partial charge in [0.15, 0.2) is 0 Å². The molecule has 2 aromatic heterocycles. The summed E-state index contributed by atoms with van der Waals surface area (Å²) in [6.45, 7) is 0.387. The molecular formula is C22H21F2N3O4. The number of piperidine rings is 1. The van der Waals surface area contributed by atoms with Crippen LogP contribution in [0.4, 0.5) is 8.78 Å². The maximum absolute atomic E-state index is 14.3. The molecule has 31 heavy (non-hydrogen) atoms. The van der Waals surface area contributed by atoms with Crippen LogP contribution in [0.1, 0.15) is 28.8 Å². The van der Waals surface area contributed by atoms with Crippen molar-refractivity contribution in [2.75, 3.05) is 20.2 Å². The van der Waals surface area contributed by atoms with Crippen molar-refractivity contribution in [3.05, 3.63) is 69.5 Å². The quantitative estimate of drug-likeness (QED) is 0.688. The van der Waals surface area contributed by atoms with E-state index in [9.17, 15) is 23.5 Å². The molecule has 1 fully saturated rings. The van der Waals surface area contributed by atoms with Gasteiger partial charge in [-0.05, 0) is 31.0 Å². The van der Waals surface area contributed by atoms with Crippen molar-refractivity contribution >= 4 is 16.9 Å². The van der Waals surface area contributed by atoms with Gasteiger partial charge in [-0.2, -0.15) is 0 Å². The van der Waals surface area contributed by atoms with E-state index in [0.29, 0.717) is 31.4 Å². The molecule has 1 aromatic carbocycles. The van der Waals surface area contributed by atoms with Crippen LogP contribution >= 0.6 is 0 Å². The van der Waals surface area contributed by atoms with Gasteiger partial charge in [0.05, 0.1) is 25.3 Å². The molecule has 162 valence electrons. The molecule has 7 nitrogen and oxygen atoms in total. The van der Waals surface area contributed by atoms with E-state index in [1.54, 1.807) is 6.07 Å². The SMILES string of the molecule is COc1ccc2c(n1)c(=O)c(C(=O)N1CCC(O)CC1)cn2Cc1c(F)cccc1F. The van der Waals surface area contributed by atoms with Gasteiger partial charge in [-0.25, -0.2) is 13.8 Å². The molecule has 1 aliphatic rings. The average molecular weight is 429 g/mol. The summed E-state index contributed by atoms with van der Waals surface area (Å²) < 4.78 is 35.1. The summed E-state index contributed by atoms with van der Waals surface area (Å²) in [7, 11) is 1.40. The summed E-state index contributed by atoms with van der Waals surface area (Å²) in [4.78, 5) is 31.9. The molecule has 3 heterocycles. The van der Waals surface area contributed by atoms with Crippen LogP contribution in [0.2, 0.25) is 0 Å². The number of benzene rings is 1.